The number of nitrogens with zero attached hydrogens (tertiary/aromatic N) is 3. The predicted molar refractivity (Wildman–Crippen MR) is 169 cm³/mol. The number of urea groups is 1. The number of hydrogen-bond acceptors (Lipinski definition) is 5. The first-order valence-electron chi connectivity index (χ1n) is 14.0. The van der Waals surface area contributed by atoms with Gasteiger partial charge < -0.3 is 16.0 Å². The van der Waals surface area contributed by atoms with E-state index >= 15 is 0 Å². The van der Waals surface area contributed by atoms with E-state index in [4.69, 9.17) is 0 Å². The summed E-state index contributed by atoms with van der Waals surface area (Å²) in [6.07, 6.45) is -1.83. The maximum Gasteiger partial charge on any atom is 0.416 e. The van der Waals surface area contributed by atoms with Crippen LogP contribution in [0.25, 0.3) is 0 Å². The first kappa shape index (κ1) is 32.0. The molecule has 3 aromatic carbocycles. The Morgan fingerprint density at radius 3 is 2.48 bits per heavy atom. The number of hydrogen-bond donors (Lipinski definition) is 3. The van der Waals surface area contributed by atoms with Crippen molar-refractivity contribution in [1.82, 2.24) is 10.2 Å². The average molecular weight is 605 g/mol. The van der Waals surface area contributed by atoms with Gasteiger partial charge in [0.2, 0.25) is 0 Å². The number of amidine groups is 1. The molecule has 3 amide bonds. The van der Waals surface area contributed by atoms with E-state index in [1.165, 1.54) is 17.0 Å². The molecule has 0 saturated carbocycles. The molecule has 1 heterocycles. The minimum atomic E-state index is -4.57. The first-order valence-corrected chi connectivity index (χ1v) is 14.0. The second-order valence-electron chi connectivity index (χ2n) is 10.3. The molecular formula is C33H35F3N6O2. The molecule has 230 valence electrons. The minimum Gasteiger partial charge on any atom is -0.341 e. The number of carbonyl (C=O) groups excluding carboxylic acids is 2. The molecule has 1 aliphatic heterocycles. The van der Waals surface area contributed by atoms with Gasteiger partial charge in [-0.3, -0.25) is 14.6 Å². The Morgan fingerprint density at radius 2 is 1.77 bits per heavy atom. The number of aliphatic imine (C=N–C) groups is 1. The lowest BCUT2D eigenvalue weighted by atomic mass is 10.1. The summed E-state index contributed by atoms with van der Waals surface area (Å²) < 4.78 is 39.4. The predicted octanol–water partition coefficient (Wildman–Crippen LogP) is 6.83. The van der Waals surface area contributed by atoms with Crippen molar-refractivity contribution in [2.45, 2.75) is 26.4 Å². The Morgan fingerprint density at radius 1 is 1.05 bits per heavy atom. The van der Waals surface area contributed by atoms with Crippen LogP contribution in [0.3, 0.4) is 0 Å². The van der Waals surface area contributed by atoms with E-state index in [1.54, 1.807) is 30.1 Å². The Kier molecular flexibility index (Phi) is 9.90. The molecular weight excluding hydrogens is 569 g/mol. The molecule has 0 bridgehead atoms. The van der Waals surface area contributed by atoms with Gasteiger partial charge in [-0.15, -0.1) is 0 Å². The lowest BCUT2D eigenvalue weighted by Crippen LogP contribution is -2.52. The van der Waals surface area contributed by atoms with Crippen LogP contribution in [0.1, 0.15) is 34.0 Å². The summed E-state index contributed by atoms with van der Waals surface area (Å²) in [6.45, 7) is 8.79. The molecule has 0 spiro atoms. The zero-order chi connectivity index (χ0) is 32.0. The van der Waals surface area contributed by atoms with Gasteiger partial charge in [0, 0.05) is 29.6 Å². The highest BCUT2D eigenvalue weighted by Crippen LogP contribution is 2.31. The number of anilines is 3. The second kappa shape index (κ2) is 13.6. The maximum absolute atomic E-state index is 13.6. The Bertz CT molecular complexity index is 1630. The van der Waals surface area contributed by atoms with Gasteiger partial charge in [0.1, 0.15) is 11.7 Å². The zero-order valence-corrected chi connectivity index (χ0v) is 25.0. The molecule has 44 heavy (non-hydrogen) atoms. The van der Waals surface area contributed by atoms with Crippen molar-refractivity contribution >= 4 is 34.8 Å². The number of likely N-dealkylation sites (N-methyl/N-ethyl adjacent to an activating group) is 2. The molecule has 3 aromatic rings. The third-order valence-corrected chi connectivity index (χ3v) is 7.13. The van der Waals surface area contributed by atoms with Gasteiger partial charge >= 0.3 is 12.2 Å². The van der Waals surface area contributed by atoms with E-state index in [0.29, 0.717) is 23.0 Å². The molecule has 3 N–H and O–H groups in total. The van der Waals surface area contributed by atoms with Gasteiger partial charge in [-0.2, -0.15) is 13.2 Å². The Labute approximate surface area is 255 Å². The molecule has 11 heteroatoms. The van der Waals surface area contributed by atoms with E-state index < -0.39 is 17.6 Å². The highest BCUT2D eigenvalue weighted by atomic mass is 19.4. The molecule has 1 aliphatic rings. The fourth-order valence-electron chi connectivity index (χ4n) is 4.77. The van der Waals surface area contributed by atoms with Gasteiger partial charge in [0.15, 0.2) is 0 Å². The summed E-state index contributed by atoms with van der Waals surface area (Å²) in [5.41, 5.74) is 3.36. The summed E-state index contributed by atoms with van der Waals surface area (Å²) >= 11 is 0. The van der Waals surface area contributed by atoms with Crippen LogP contribution in [0.5, 0.6) is 0 Å². The van der Waals surface area contributed by atoms with E-state index in [0.717, 1.165) is 47.5 Å². The molecule has 4 rings (SSSR count). The van der Waals surface area contributed by atoms with Crippen LogP contribution in [0, 0.1) is 6.92 Å². The lowest BCUT2D eigenvalue weighted by Gasteiger charge is -2.36. The molecule has 1 fully saturated rings. The summed E-state index contributed by atoms with van der Waals surface area (Å²) in [5, 5.41) is 8.99. The summed E-state index contributed by atoms with van der Waals surface area (Å²) in [4.78, 5) is 34.1. The van der Waals surface area contributed by atoms with Crippen molar-refractivity contribution in [3.8, 4) is 0 Å². The van der Waals surface area contributed by atoms with Gasteiger partial charge in [-0.05, 0) is 87.5 Å². The Balaban J connectivity index is 1.53. The quantitative estimate of drug-likeness (QED) is 0.250. The van der Waals surface area contributed by atoms with Crippen molar-refractivity contribution in [3.63, 3.8) is 0 Å². The average Bonchev–Trinajstić information content (AvgIpc) is 2.99. The molecule has 1 saturated heterocycles. The molecule has 0 aliphatic carbocycles. The number of allylic oxidation sites excluding steroid dienone is 1. The van der Waals surface area contributed by atoms with Gasteiger partial charge in [0.05, 0.1) is 17.8 Å². The van der Waals surface area contributed by atoms with Crippen LogP contribution in [0.4, 0.5) is 35.0 Å². The van der Waals surface area contributed by atoms with Crippen molar-refractivity contribution in [3.05, 3.63) is 113 Å². The number of benzene rings is 3. The van der Waals surface area contributed by atoms with E-state index in [2.05, 4.69) is 27.5 Å². The largest absolute Gasteiger partial charge is 0.416 e. The first-order chi connectivity index (χ1) is 20.9. The number of halogens is 3. The number of aryl methyl sites for hydroxylation is 1. The fraction of sp³-hybridized carbons (Fsp3) is 0.242. The standard InChI is InChI=1S/C33H35F3N6O2/c1-6-24-20-42(32(44)41(5)30(24)39-22(3)38-27-12-7-9-23(17-27)15-16-37-4)29-19-28(14-13-21(29)2)40-31(43)25-10-8-11-26(18-25)33(34,35)36/h6-14,17-19,37-38H,3,15-16,20H2,1-2,4-5H3,(H,40,43)/b24-6-,39-30+. The molecule has 0 unspecified atom stereocenters. The van der Waals surface area contributed by atoms with Crippen molar-refractivity contribution in [1.29, 1.82) is 0 Å². The SMILES string of the molecule is C=C(/N=C1\C(=C/C)CN(c2cc(NC(=O)c3cccc(C(F)(F)F)c3)ccc2C)C(=O)N1C)Nc1cccc(CCNC)c1. The second-order valence-corrected chi connectivity index (χ2v) is 10.3. The molecule has 0 aromatic heterocycles. The summed E-state index contributed by atoms with van der Waals surface area (Å²) in [5.74, 6) is 0.119. The van der Waals surface area contributed by atoms with E-state index in [9.17, 15) is 22.8 Å². The van der Waals surface area contributed by atoms with Crippen LogP contribution in [0.2, 0.25) is 0 Å². The summed E-state index contributed by atoms with van der Waals surface area (Å²) in [7, 11) is 3.53. The third-order valence-electron chi connectivity index (χ3n) is 7.13. The smallest absolute Gasteiger partial charge is 0.341 e. The number of nitrogens with one attached hydrogen (secondary N) is 3. The molecule has 0 radical (unpaired) electrons. The van der Waals surface area contributed by atoms with Crippen molar-refractivity contribution in [2.75, 3.05) is 42.7 Å². The van der Waals surface area contributed by atoms with Gasteiger partial charge in [0.25, 0.3) is 5.91 Å². The van der Waals surface area contributed by atoms with Crippen LogP contribution in [0.15, 0.2) is 95.8 Å². The highest BCUT2D eigenvalue weighted by Gasteiger charge is 2.33. The van der Waals surface area contributed by atoms with E-state index in [-0.39, 0.29) is 18.1 Å². The molecule has 8 nitrogen and oxygen atoms in total. The van der Waals surface area contributed by atoms with E-state index in [1.807, 2.05) is 51.2 Å². The zero-order valence-electron chi connectivity index (χ0n) is 25.0. The van der Waals surface area contributed by atoms with Crippen LogP contribution < -0.4 is 20.9 Å². The topological polar surface area (TPSA) is 89.1 Å². The van der Waals surface area contributed by atoms with Crippen LogP contribution >= 0.6 is 0 Å². The van der Waals surface area contributed by atoms with Crippen molar-refractivity contribution < 1.29 is 22.8 Å². The Hall–Kier alpha value is -4.90. The van der Waals surface area contributed by atoms with Gasteiger partial charge in [-0.25, -0.2) is 9.79 Å². The summed E-state index contributed by atoms with van der Waals surface area (Å²) in [6, 6.07) is 16.8. The minimum absolute atomic E-state index is 0.133. The normalized spacial score (nSPS) is 15.6. The third kappa shape index (κ3) is 7.54. The van der Waals surface area contributed by atoms with Crippen molar-refractivity contribution in [2.24, 2.45) is 4.99 Å². The number of amides is 3. The van der Waals surface area contributed by atoms with Crippen LogP contribution in [-0.4, -0.2) is 49.9 Å². The van der Waals surface area contributed by atoms with Crippen LogP contribution in [-0.2, 0) is 12.6 Å². The maximum atomic E-state index is 13.6. The number of rotatable bonds is 9. The number of carbonyl (C=O) groups is 2. The monoisotopic (exact) mass is 604 g/mol. The highest BCUT2D eigenvalue weighted by molar-refractivity contribution is 6.16. The fourth-order valence-corrected chi connectivity index (χ4v) is 4.77. The molecule has 0 atom stereocenters. The van der Waals surface area contributed by atoms with Gasteiger partial charge in [-0.1, -0.05) is 36.9 Å². The lowest BCUT2D eigenvalue weighted by molar-refractivity contribution is -0.137. The number of alkyl halides is 3.